The van der Waals surface area contributed by atoms with Gasteiger partial charge in [-0.1, -0.05) is 67.1 Å². The largest absolute Gasteiger partial charge is 0.393 e. The van der Waals surface area contributed by atoms with Crippen LogP contribution in [0.25, 0.3) is 0 Å². The lowest BCUT2D eigenvalue weighted by molar-refractivity contribution is -0.0905. The summed E-state index contributed by atoms with van der Waals surface area (Å²) in [6, 6.07) is 24.3. The van der Waals surface area contributed by atoms with Crippen molar-refractivity contribution in [1.29, 1.82) is 0 Å². The van der Waals surface area contributed by atoms with Gasteiger partial charge in [0, 0.05) is 40.4 Å². The molecule has 5 atom stereocenters. The summed E-state index contributed by atoms with van der Waals surface area (Å²) in [4.78, 5) is 19.6. The molecule has 0 amide bonds. The van der Waals surface area contributed by atoms with E-state index in [1.165, 1.54) is 21.8 Å². The average molecular weight is 742 g/mol. The maximum absolute atomic E-state index is 14.3. The number of nitrogens with zero attached hydrogens (tertiary/aromatic N) is 1. The van der Waals surface area contributed by atoms with Gasteiger partial charge in [0.1, 0.15) is 0 Å². The van der Waals surface area contributed by atoms with Crippen molar-refractivity contribution in [3.8, 4) is 0 Å². The summed E-state index contributed by atoms with van der Waals surface area (Å²) in [7, 11) is 0. The average Bonchev–Trinajstić information content (AvgIpc) is 3.87. The quantitative estimate of drug-likeness (QED) is 0.0941. The van der Waals surface area contributed by atoms with E-state index in [4.69, 9.17) is 4.74 Å². The molecule has 4 aromatic rings. The van der Waals surface area contributed by atoms with Gasteiger partial charge in [0.2, 0.25) is 5.78 Å². The van der Waals surface area contributed by atoms with Crippen molar-refractivity contribution in [1.82, 2.24) is 4.90 Å². The SMILES string of the molecule is CC1=CCC[C@@]2(C)[C@@H](CC[C@@]2(O)CN(CCc2cccs2)C[C@@H](O)COCc2ccccc2)c2ccc(cc2C(=O)c2ccc(C)s2)C[C@@H](O)CC1. The minimum atomic E-state index is -1.06. The van der Waals surface area contributed by atoms with E-state index in [0.29, 0.717) is 55.9 Å². The molecule has 1 saturated carbocycles. The molecule has 3 aliphatic carbocycles. The lowest BCUT2D eigenvalue weighted by atomic mass is 9.64. The number of aliphatic hydroxyl groups is 3. The highest BCUT2D eigenvalue weighted by Gasteiger charge is 2.57. The number of carbonyl (C=O) groups is 1. The van der Waals surface area contributed by atoms with Crippen LogP contribution < -0.4 is 0 Å². The van der Waals surface area contributed by atoms with Gasteiger partial charge in [-0.3, -0.25) is 9.69 Å². The van der Waals surface area contributed by atoms with E-state index in [-0.39, 0.29) is 18.3 Å². The Morgan fingerprint density at radius 2 is 1.87 bits per heavy atom. The van der Waals surface area contributed by atoms with Crippen LogP contribution in [-0.2, 0) is 24.2 Å². The van der Waals surface area contributed by atoms with E-state index in [2.05, 4.69) is 54.5 Å². The fourth-order valence-corrected chi connectivity index (χ4v) is 9.97. The predicted molar refractivity (Wildman–Crippen MR) is 212 cm³/mol. The van der Waals surface area contributed by atoms with Gasteiger partial charge in [0.05, 0.1) is 35.9 Å². The molecule has 2 aromatic heterocycles. The molecule has 2 bridgehead atoms. The van der Waals surface area contributed by atoms with Gasteiger partial charge in [0.15, 0.2) is 0 Å². The zero-order valence-corrected chi connectivity index (χ0v) is 32.6. The third-order valence-corrected chi connectivity index (χ3v) is 13.4. The van der Waals surface area contributed by atoms with Gasteiger partial charge < -0.3 is 20.1 Å². The van der Waals surface area contributed by atoms with Crippen LogP contribution >= 0.6 is 22.7 Å². The highest BCUT2D eigenvalue weighted by atomic mass is 32.1. The maximum atomic E-state index is 14.3. The van der Waals surface area contributed by atoms with Gasteiger partial charge >= 0.3 is 0 Å². The third-order valence-electron chi connectivity index (χ3n) is 11.5. The standard InChI is InChI=1S/C44H55NO5S2/c1-31-9-7-21-43(3)40(38-17-15-34(25-35(46)16-13-31)26-39(38)42(48)41-18-14-32(2)52-41)19-22-44(43,49)30-45(23-20-37-12-8-24-51-37)27-36(47)29-50-28-33-10-5-4-6-11-33/h4-6,8-12,14-15,17-18,24,26,35-36,40,46-47,49H,7,13,16,19-23,25,27-30H2,1-3H3/t35-,36+,40-,43-,44+/m0/s1. The number of aliphatic hydroxyl groups excluding tert-OH is 2. The van der Waals surface area contributed by atoms with Crippen LogP contribution in [0.4, 0.5) is 0 Å². The molecule has 1 fully saturated rings. The summed E-state index contributed by atoms with van der Waals surface area (Å²) >= 11 is 3.25. The smallest absolute Gasteiger partial charge is 0.203 e. The summed E-state index contributed by atoms with van der Waals surface area (Å²) < 4.78 is 5.94. The molecule has 2 heterocycles. The van der Waals surface area contributed by atoms with Gasteiger partial charge in [-0.15, -0.1) is 22.7 Å². The Morgan fingerprint density at radius 3 is 2.62 bits per heavy atom. The van der Waals surface area contributed by atoms with Crippen LogP contribution in [0.1, 0.15) is 100.0 Å². The molecule has 278 valence electrons. The van der Waals surface area contributed by atoms with Gasteiger partial charge in [0.25, 0.3) is 0 Å². The van der Waals surface area contributed by atoms with Crippen molar-refractivity contribution >= 4 is 28.5 Å². The lowest BCUT2D eigenvalue weighted by Crippen LogP contribution is -2.54. The molecule has 3 aliphatic rings. The number of hydrogen-bond acceptors (Lipinski definition) is 8. The van der Waals surface area contributed by atoms with Crippen LogP contribution in [0.2, 0.25) is 0 Å². The number of ether oxygens (including phenoxy) is 1. The van der Waals surface area contributed by atoms with Crippen molar-refractivity contribution in [3.05, 3.63) is 127 Å². The first-order valence-electron chi connectivity index (χ1n) is 18.9. The number of rotatable bonds is 13. The molecule has 0 unspecified atom stereocenters. The van der Waals surface area contributed by atoms with E-state index in [9.17, 15) is 20.1 Å². The molecule has 6 nitrogen and oxygen atoms in total. The molecule has 52 heavy (non-hydrogen) atoms. The molecule has 7 rings (SSSR count). The first kappa shape index (κ1) is 38.8. The van der Waals surface area contributed by atoms with Crippen LogP contribution in [0.5, 0.6) is 0 Å². The molecule has 0 spiro atoms. The zero-order chi connectivity index (χ0) is 36.7. The monoisotopic (exact) mass is 741 g/mol. The summed E-state index contributed by atoms with van der Waals surface area (Å²) in [6.07, 6.45) is 6.80. The molecule has 0 aliphatic heterocycles. The Kier molecular flexibility index (Phi) is 13.0. The number of fused-ring (bicyclic) bond motifs is 8. The maximum Gasteiger partial charge on any atom is 0.203 e. The van der Waals surface area contributed by atoms with Crippen molar-refractivity contribution < 1.29 is 24.9 Å². The molecule has 0 saturated heterocycles. The minimum absolute atomic E-state index is 0.0151. The van der Waals surface area contributed by atoms with Crippen molar-refractivity contribution in [2.75, 3.05) is 26.2 Å². The van der Waals surface area contributed by atoms with Crippen LogP contribution in [0.3, 0.4) is 0 Å². The second-order valence-corrected chi connectivity index (χ2v) is 17.7. The Bertz CT molecular complexity index is 1780. The summed E-state index contributed by atoms with van der Waals surface area (Å²) in [5.41, 5.74) is 3.35. The highest BCUT2D eigenvalue weighted by Crippen LogP contribution is 2.59. The Labute approximate surface area is 317 Å². The number of aryl methyl sites for hydroxylation is 1. The summed E-state index contributed by atoms with van der Waals surface area (Å²) in [5.74, 6) is -0.0346. The highest BCUT2D eigenvalue weighted by molar-refractivity contribution is 7.14. The third kappa shape index (κ3) is 9.40. The van der Waals surface area contributed by atoms with Gasteiger partial charge in [-0.25, -0.2) is 0 Å². The number of thiophene rings is 2. The molecule has 3 N–H and O–H groups in total. The lowest BCUT2D eigenvalue weighted by Gasteiger charge is -2.46. The van der Waals surface area contributed by atoms with Crippen molar-refractivity contribution in [2.24, 2.45) is 5.41 Å². The molecular weight excluding hydrogens is 687 g/mol. The number of hydrogen-bond donors (Lipinski definition) is 3. The second-order valence-electron chi connectivity index (χ2n) is 15.4. The predicted octanol–water partition coefficient (Wildman–Crippen LogP) is 8.51. The molecule has 0 radical (unpaired) electrons. The second kappa shape index (κ2) is 17.5. The van der Waals surface area contributed by atoms with Crippen LogP contribution in [-0.4, -0.2) is 70.1 Å². The fourth-order valence-electron chi connectivity index (χ4n) is 8.45. The minimum Gasteiger partial charge on any atom is -0.393 e. The van der Waals surface area contributed by atoms with Crippen LogP contribution in [0.15, 0.2) is 89.8 Å². The fraction of sp³-hybridized carbons (Fsp3) is 0.477. The topological polar surface area (TPSA) is 90.2 Å². The van der Waals surface area contributed by atoms with E-state index < -0.39 is 23.2 Å². The number of carbonyl (C=O) groups excluding carboxylic acids is 1. The zero-order valence-electron chi connectivity index (χ0n) is 30.9. The van der Waals surface area contributed by atoms with Crippen molar-refractivity contribution in [3.63, 3.8) is 0 Å². The summed E-state index contributed by atoms with van der Waals surface area (Å²) in [6.45, 7) is 8.56. The summed E-state index contributed by atoms with van der Waals surface area (Å²) in [5, 5.41) is 37.4. The number of allylic oxidation sites excluding steroid dienone is 2. The van der Waals surface area contributed by atoms with E-state index in [0.717, 1.165) is 53.7 Å². The van der Waals surface area contributed by atoms with E-state index >= 15 is 0 Å². The van der Waals surface area contributed by atoms with Crippen molar-refractivity contribution in [2.45, 2.75) is 102 Å². The van der Waals surface area contributed by atoms with Gasteiger partial charge in [-0.05, 0) is 117 Å². The Balaban J connectivity index is 1.31. The molecule has 2 aromatic carbocycles. The van der Waals surface area contributed by atoms with Crippen LogP contribution in [0, 0.1) is 12.3 Å². The Hall–Kier alpha value is -2.95. The first-order valence-corrected chi connectivity index (χ1v) is 20.6. The number of benzene rings is 2. The van der Waals surface area contributed by atoms with E-state index in [1.54, 1.807) is 11.3 Å². The van der Waals surface area contributed by atoms with Gasteiger partial charge in [-0.2, -0.15) is 0 Å². The molecular formula is C44H55NO5S2. The molecule has 8 heteroatoms. The first-order chi connectivity index (χ1) is 25.0. The normalized spacial score (nSPS) is 24.4. The van der Waals surface area contributed by atoms with E-state index in [1.807, 2.05) is 55.5 Å². The Morgan fingerprint density at radius 1 is 1.04 bits per heavy atom. The number of ketones is 1.